The van der Waals surface area contributed by atoms with Crippen LogP contribution in [0.15, 0.2) is 35.1 Å². The normalized spacial score (nSPS) is 15.1. The molecule has 25 heavy (non-hydrogen) atoms. The number of aryl methyl sites for hydroxylation is 2. The fourth-order valence-electron chi connectivity index (χ4n) is 3.16. The van der Waals surface area contributed by atoms with Crippen LogP contribution in [-0.4, -0.2) is 21.7 Å². The molecule has 6 heteroatoms. The summed E-state index contributed by atoms with van der Waals surface area (Å²) < 4.78 is 15.1. The number of hydrogen-bond acceptors (Lipinski definition) is 3. The molecule has 3 rings (SSSR count). The van der Waals surface area contributed by atoms with Gasteiger partial charge in [-0.2, -0.15) is 5.10 Å². The van der Waals surface area contributed by atoms with E-state index in [1.807, 2.05) is 0 Å². The zero-order valence-corrected chi connectivity index (χ0v) is 14.3. The van der Waals surface area contributed by atoms with E-state index in [9.17, 15) is 14.0 Å². The lowest BCUT2D eigenvalue weighted by Crippen LogP contribution is -2.39. The third kappa shape index (κ3) is 4.13. The number of nitrogens with zero attached hydrogens (tertiary/aromatic N) is 2. The molecule has 0 saturated carbocycles. The van der Waals surface area contributed by atoms with Gasteiger partial charge in [-0.25, -0.2) is 9.07 Å². The molecular formula is C19H22FN3O2. The van der Waals surface area contributed by atoms with E-state index in [4.69, 9.17) is 0 Å². The van der Waals surface area contributed by atoms with E-state index in [0.717, 1.165) is 43.4 Å². The monoisotopic (exact) mass is 343 g/mol. The summed E-state index contributed by atoms with van der Waals surface area (Å²) >= 11 is 0. The second-order valence-electron chi connectivity index (χ2n) is 6.55. The van der Waals surface area contributed by atoms with Crippen molar-refractivity contribution in [2.75, 3.05) is 0 Å². The summed E-state index contributed by atoms with van der Waals surface area (Å²) in [7, 11) is 0. The largest absolute Gasteiger partial charge is 0.348 e. The van der Waals surface area contributed by atoms with Crippen LogP contribution in [0.1, 0.15) is 47.8 Å². The third-order valence-corrected chi connectivity index (χ3v) is 4.47. The molecule has 0 bridgehead atoms. The Bertz CT molecular complexity index is 832. The predicted molar refractivity (Wildman–Crippen MR) is 93.1 cm³/mol. The highest BCUT2D eigenvalue weighted by Gasteiger charge is 2.16. The fourth-order valence-corrected chi connectivity index (χ4v) is 3.16. The van der Waals surface area contributed by atoms with Crippen LogP contribution < -0.4 is 10.9 Å². The minimum atomic E-state index is -0.562. The van der Waals surface area contributed by atoms with Crippen molar-refractivity contribution in [2.24, 2.45) is 0 Å². The van der Waals surface area contributed by atoms with Gasteiger partial charge in [-0.05, 0) is 50.3 Å². The van der Waals surface area contributed by atoms with Gasteiger partial charge in [-0.1, -0.05) is 18.6 Å². The maximum atomic E-state index is 13.7. The van der Waals surface area contributed by atoms with Crippen LogP contribution in [0.3, 0.4) is 0 Å². The quantitative estimate of drug-likeness (QED) is 0.868. The van der Waals surface area contributed by atoms with Gasteiger partial charge in [0.2, 0.25) is 0 Å². The highest BCUT2D eigenvalue weighted by Crippen LogP contribution is 2.16. The summed E-state index contributed by atoms with van der Waals surface area (Å²) in [4.78, 5) is 24.4. The first-order chi connectivity index (χ1) is 12.0. The second-order valence-corrected chi connectivity index (χ2v) is 6.55. The lowest BCUT2D eigenvalue weighted by molar-refractivity contribution is 0.0931. The Morgan fingerprint density at radius 2 is 2.04 bits per heavy atom. The summed E-state index contributed by atoms with van der Waals surface area (Å²) in [5, 5.41) is 7.22. The molecule has 0 aliphatic heterocycles. The van der Waals surface area contributed by atoms with Crippen LogP contribution in [0.2, 0.25) is 0 Å². The molecule has 0 saturated heterocycles. The third-order valence-electron chi connectivity index (χ3n) is 4.47. The summed E-state index contributed by atoms with van der Waals surface area (Å²) in [6.45, 7) is 2.03. The highest BCUT2D eigenvalue weighted by atomic mass is 19.1. The predicted octanol–water partition coefficient (Wildman–Crippen LogP) is 2.47. The zero-order valence-electron chi connectivity index (χ0n) is 14.3. The van der Waals surface area contributed by atoms with E-state index in [1.54, 1.807) is 19.1 Å². The van der Waals surface area contributed by atoms with Crippen LogP contribution in [-0.2, 0) is 19.4 Å². The standard InChI is InChI=1S/C19H22FN3O2/c1-13(21-19(25)15-8-5-6-9-16(15)20)12-23-18(24)11-14-7-3-2-4-10-17(14)22-23/h5-6,8-9,11,13H,2-4,7,10,12H2,1H3,(H,21,25)/t13-/m0/s1. The van der Waals surface area contributed by atoms with Crippen molar-refractivity contribution in [1.29, 1.82) is 0 Å². The van der Waals surface area contributed by atoms with Crippen LogP contribution in [0.4, 0.5) is 4.39 Å². The van der Waals surface area contributed by atoms with Crippen molar-refractivity contribution in [2.45, 2.75) is 51.6 Å². The number of amides is 1. The van der Waals surface area contributed by atoms with E-state index in [-0.39, 0.29) is 23.7 Å². The number of aromatic nitrogens is 2. The Hall–Kier alpha value is -2.50. The number of benzene rings is 1. The topological polar surface area (TPSA) is 64.0 Å². The summed E-state index contributed by atoms with van der Waals surface area (Å²) in [6, 6.07) is 7.15. The molecule has 1 aromatic carbocycles. The first kappa shape index (κ1) is 17.3. The molecular weight excluding hydrogens is 321 g/mol. The van der Waals surface area contributed by atoms with Crippen molar-refractivity contribution >= 4 is 5.91 Å². The molecule has 1 aliphatic carbocycles. The molecule has 0 spiro atoms. The van der Waals surface area contributed by atoms with Gasteiger partial charge in [-0.15, -0.1) is 0 Å². The van der Waals surface area contributed by atoms with Gasteiger partial charge >= 0.3 is 0 Å². The smallest absolute Gasteiger partial charge is 0.267 e. The summed E-state index contributed by atoms with van der Waals surface area (Å²) in [5.41, 5.74) is 1.86. The average Bonchev–Trinajstić information content (AvgIpc) is 2.80. The molecule has 5 nitrogen and oxygen atoms in total. The second kappa shape index (κ2) is 7.59. The Morgan fingerprint density at radius 3 is 2.84 bits per heavy atom. The van der Waals surface area contributed by atoms with E-state index in [0.29, 0.717) is 0 Å². The number of carbonyl (C=O) groups is 1. The molecule has 0 fully saturated rings. The SMILES string of the molecule is C[C@@H](Cn1nc2c(cc1=O)CCCCC2)NC(=O)c1ccccc1F. The van der Waals surface area contributed by atoms with Crippen molar-refractivity contribution in [3.8, 4) is 0 Å². The Balaban J connectivity index is 1.72. The van der Waals surface area contributed by atoms with Gasteiger partial charge in [0.1, 0.15) is 5.82 Å². The number of rotatable bonds is 4. The van der Waals surface area contributed by atoms with Crippen LogP contribution in [0.5, 0.6) is 0 Å². The average molecular weight is 343 g/mol. The van der Waals surface area contributed by atoms with Crippen molar-refractivity contribution in [3.05, 3.63) is 63.3 Å². The number of halogens is 1. The lowest BCUT2D eigenvalue weighted by Gasteiger charge is -2.16. The minimum absolute atomic E-state index is 0.00316. The Morgan fingerprint density at radius 1 is 1.28 bits per heavy atom. The van der Waals surface area contributed by atoms with Gasteiger partial charge in [-0.3, -0.25) is 9.59 Å². The van der Waals surface area contributed by atoms with Gasteiger partial charge in [0.05, 0.1) is 17.8 Å². The van der Waals surface area contributed by atoms with E-state index in [1.165, 1.54) is 22.9 Å². The molecule has 2 aromatic rings. The van der Waals surface area contributed by atoms with Gasteiger partial charge in [0, 0.05) is 12.1 Å². The molecule has 1 heterocycles. The van der Waals surface area contributed by atoms with Gasteiger partial charge in [0.15, 0.2) is 0 Å². The number of fused-ring (bicyclic) bond motifs is 1. The number of nitrogens with one attached hydrogen (secondary N) is 1. The molecule has 1 atom stereocenters. The van der Waals surface area contributed by atoms with Crippen LogP contribution >= 0.6 is 0 Å². The molecule has 1 aromatic heterocycles. The maximum Gasteiger partial charge on any atom is 0.267 e. The van der Waals surface area contributed by atoms with Crippen molar-refractivity contribution < 1.29 is 9.18 Å². The highest BCUT2D eigenvalue weighted by molar-refractivity contribution is 5.94. The first-order valence-electron chi connectivity index (χ1n) is 8.70. The fraction of sp³-hybridized carbons (Fsp3) is 0.421. The van der Waals surface area contributed by atoms with Gasteiger partial charge in [0.25, 0.3) is 11.5 Å². The molecule has 132 valence electrons. The molecule has 1 aliphatic rings. The van der Waals surface area contributed by atoms with E-state index < -0.39 is 11.7 Å². The Labute approximate surface area is 145 Å². The lowest BCUT2D eigenvalue weighted by atomic mass is 10.1. The summed E-state index contributed by atoms with van der Waals surface area (Å²) in [5.74, 6) is -1.05. The molecule has 0 radical (unpaired) electrons. The van der Waals surface area contributed by atoms with Crippen LogP contribution in [0, 0.1) is 5.82 Å². The molecule has 1 amide bonds. The van der Waals surface area contributed by atoms with Crippen molar-refractivity contribution in [1.82, 2.24) is 15.1 Å². The number of hydrogen-bond donors (Lipinski definition) is 1. The molecule has 0 unspecified atom stereocenters. The maximum absolute atomic E-state index is 13.7. The number of carbonyl (C=O) groups excluding carboxylic acids is 1. The Kier molecular flexibility index (Phi) is 5.26. The van der Waals surface area contributed by atoms with E-state index in [2.05, 4.69) is 10.4 Å². The van der Waals surface area contributed by atoms with E-state index >= 15 is 0 Å². The first-order valence-corrected chi connectivity index (χ1v) is 8.70. The van der Waals surface area contributed by atoms with Crippen molar-refractivity contribution in [3.63, 3.8) is 0 Å². The minimum Gasteiger partial charge on any atom is -0.348 e. The molecule has 1 N–H and O–H groups in total. The summed E-state index contributed by atoms with van der Waals surface area (Å²) in [6.07, 6.45) is 5.11. The zero-order chi connectivity index (χ0) is 17.8. The van der Waals surface area contributed by atoms with Gasteiger partial charge < -0.3 is 5.32 Å². The van der Waals surface area contributed by atoms with Crippen LogP contribution in [0.25, 0.3) is 0 Å².